The summed E-state index contributed by atoms with van der Waals surface area (Å²) in [5.41, 5.74) is 1.91. The van der Waals surface area contributed by atoms with Crippen molar-refractivity contribution in [2.75, 3.05) is 0 Å². The van der Waals surface area contributed by atoms with E-state index in [2.05, 4.69) is 6.92 Å². The Bertz CT molecular complexity index is 486. The van der Waals surface area contributed by atoms with Crippen LogP contribution in [-0.4, -0.2) is 0 Å². The van der Waals surface area contributed by atoms with E-state index in [1.54, 1.807) is 6.07 Å². The predicted octanol–water partition coefficient (Wildman–Crippen LogP) is 4.75. The summed E-state index contributed by atoms with van der Waals surface area (Å²) in [4.78, 5) is 0. The van der Waals surface area contributed by atoms with Crippen molar-refractivity contribution in [1.82, 2.24) is 0 Å². The molecule has 2 rings (SSSR count). The Hall–Kier alpha value is -1.18. The van der Waals surface area contributed by atoms with Crippen LogP contribution in [0.3, 0.4) is 0 Å². The molecule has 17 heavy (non-hydrogen) atoms. The highest BCUT2D eigenvalue weighted by atomic mass is 35.5. The minimum atomic E-state index is 0.441. The van der Waals surface area contributed by atoms with Crippen molar-refractivity contribution in [3.8, 4) is 5.75 Å². The normalized spacial score (nSPS) is 10.3. The molecule has 0 bridgehead atoms. The van der Waals surface area contributed by atoms with Gasteiger partial charge in [-0.2, -0.15) is 0 Å². The highest BCUT2D eigenvalue weighted by Crippen LogP contribution is 2.20. The average Bonchev–Trinajstić information content (AvgIpc) is 2.27. The lowest BCUT2D eigenvalue weighted by atomic mass is 10.2. The van der Waals surface area contributed by atoms with E-state index in [1.807, 2.05) is 36.4 Å². The van der Waals surface area contributed by atoms with Crippen LogP contribution in [0, 0.1) is 6.92 Å². The van der Waals surface area contributed by atoms with Gasteiger partial charge in [0.15, 0.2) is 0 Å². The van der Waals surface area contributed by atoms with E-state index in [9.17, 15) is 0 Å². The molecule has 0 aliphatic carbocycles. The number of hydrogen-bond acceptors (Lipinski definition) is 1. The van der Waals surface area contributed by atoms with Gasteiger partial charge in [-0.15, -0.1) is 0 Å². The first-order valence-electron chi connectivity index (χ1n) is 5.13. The summed E-state index contributed by atoms with van der Waals surface area (Å²) >= 11 is 11.8. The van der Waals surface area contributed by atoms with Crippen molar-refractivity contribution in [1.29, 1.82) is 0 Å². The second-order valence-corrected chi connectivity index (χ2v) is 4.58. The van der Waals surface area contributed by atoms with Gasteiger partial charge in [0.2, 0.25) is 0 Å². The van der Waals surface area contributed by atoms with E-state index < -0.39 is 0 Å². The first-order chi connectivity index (χ1) is 8.13. The fourth-order valence-corrected chi connectivity index (χ4v) is 2.02. The van der Waals surface area contributed by atoms with Crippen molar-refractivity contribution in [3.63, 3.8) is 0 Å². The van der Waals surface area contributed by atoms with Gasteiger partial charge in [-0.1, -0.05) is 35.3 Å². The zero-order valence-electron chi connectivity index (χ0n) is 9.12. The van der Waals surface area contributed by atoms with E-state index in [0.717, 1.165) is 16.9 Å². The maximum absolute atomic E-state index is 5.90. The predicted molar refractivity (Wildman–Crippen MR) is 71.7 cm³/mol. The topological polar surface area (TPSA) is 9.23 Å². The van der Waals surface area contributed by atoms with Gasteiger partial charge < -0.3 is 4.74 Å². The van der Waals surface area contributed by atoms with Gasteiger partial charge in [0, 0.05) is 10.0 Å². The van der Waals surface area contributed by atoms with Gasteiger partial charge in [-0.25, -0.2) is 0 Å². The zero-order valence-corrected chi connectivity index (χ0v) is 10.6. The van der Waals surface area contributed by atoms with Crippen molar-refractivity contribution >= 4 is 23.2 Å². The molecule has 0 atom stereocenters. The molecule has 0 N–H and O–H groups in total. The molecule has 0 fully saturated rings. The van der Waals surface area contributed by atoms with Crippen LogP contribution in [-0.2, 0) is 6.61 Å². The molecule has 0 aliphatic heterocycles. The summed E-state index contributed by atoms with van der Waals surface area (Å²) in [5, 5.41) is 1.23. The van der Waals surface area contributed by atoms with Crippen LogP contribution in [0.5, 0.6) is 5.75 Å². The Kier molecular flexibility index (Phi) is 3.93. The molecule has 87 valence electrons. The van der Waals surface area contributed by atoms with Crippen LogP contribution in [0.15, 0.2) is 42.5 Å². The van der Waals surface area contributed by atoms with E-state index in [-0.39, 0.29) is 0 Å². The molecule has 0 spiro atoms. The Morgan fingerprint density at radius 3 is 2.12 bits per heavy atom. The Labute approximate surface area is 111 Å². The lowest BCUT2D eigenvalue weighted by molar-refractivity contribution is 0.306. The second-order valence-electron chi connectivity index (χ2n) is 3.71. The van der Waals surface area contributed by atoms with Gasteiger partial charge in [-0.05, 0) is 48.4 Å². The quantitative estimate of drug-likeness (QED) is 0.778. The molecule has 1 nitrogen and oxygen atoms in total. The van der Waals surface area contributed by atoms with E-state index in [0.29, 0.717) is 16.7 Å². The maximum atomic E-state index is 5.90. The van der Waals surface area contributed by atoms with Crippen LogP contribution in [0.1, 0.15) is 11.1 Å². The van der Waals surface area contributed by atoms with Crippen molar-refractivity contribution in [2.24, 2.45) is 0 Å². The van der Waals surface area contributed by atoms with Crippen LogP contribution in [0.25, 0.3) is 0 Å². The van der Waals surface area contributed by atoms with Gasteiger partial charge in [-0.3, -0.25) is 0 Å². The summed E-state index contributed by atoms with van der Waals surface area (Å²) < 4.78 is 5.61. The fourth-order valence-electron chi connectivity index (χ4n) is 1.45. The Morgan fingerprint density at radius 2 is 1.53 bits per heavy atom. The number of ether oxygens (including phenoxy) is 1. The summed E-state index contributed by atoms with van der Waals surface area (Å²) in [6.45, 7) is 4.25. The van der Waals surface area contributed by atoms with Crippen molar-refractivity contribution in [3.05, 3.63) is 70.6 Å². The summed E-state index contributed by atoms with van der Waals surface area (Å²) in [5.74, 6) is 0.800. The molecule has 1 radical (unpaired) electrons. The Morgan fingerprint density at radius 1 is 0.941 bits per heavy atom. The average molecular weight is 266 g/mol. The van der Waals surface area contributed by atoms with Crippen LogP contribution < -0.4 is 4.74 Å². The molecule has 0 saturated heterocycles. The molecule has 0 saturated carbocycles. The summed E-state index contributed by atoms with van der Waals surface area (Å²) in [6.07, 6.45) is 0. The summed E-state index contributed by atoms with van der Waals surface area (Å²) in [7, 11) is 0. The molecular weight excluding hydrogens is 255 g/mol. The van der Waals surface area contributed by atoms with Crippen LogP contribution in [0.4, 0.5) is 0 Å². The molecular formula is C14H11Cl2O. The molecule has 0 aromatic heterocycles. The third-order valence-electron chi connectivity index (χ3n) is 2.25. The van der Waals surface area contributed by atoms with Crippen molar-refractivity contribution < 1.29 is 4.74 Å². The first kappa shape index (κ1) is 12.3. The largest absolute Gasteiger partial charge is 0.489 e. The SMILES string of the molecule is [CH2]c1ccc(OCc2cc(Cl)cc(Cl)c2)cc1. The molecule has 3 heteroatoms. The highest BCUT2D eigenvalue weighted by Gasteiger charge is 2.00. The lowest BCUT2D eigenvalue weighted by Gasteiger charge is -2.07. The molecule has 0 amide bonds. The minimum absolute atomic E-state index is 0.441. The van der Waals surface area contributed by atoms with Crippen LogP contribution in [0.2, 0.25) is 10.0 Å². The van der Waals surface area contributed by atoms with Gasteiger partial charge >= 0.3 is 0 Å². The standard InChI is InChI=1S/C14H11Cl2O/c1-10-2-4-14(5-3-10)17-9-11-6-12(15)8-13(16)7-11/h2-8H,1,9H2. The molecule has 0 aliphatic rings. The minimum Gasteiger partial charge on any atom is -0.489 e. The van der Waals surface area contributed by atoms with Gasteiger partial charge in [0.1, 0.15) is 12.4 Å². The first-order valence-corrected chi connectivity index (χ1v) is 5.89. The molecule has 0 unspecified atom stereocenters. The number of benzene rings is 2. The maximum Gasteiger partial charge on any atom is 0.119 e. The number of hydrogen-bond donors (Lipinski definition) is 0. The molecule has 2 aromatic rings. The smallest absolute Gasteiger partial charge is 0.119 e. The number of rotatable bonds is 3. The molecule has 2 aromatic carbocycles. The molecule has 0 heterocycles. The zero-order chi connectivity index (χ0) is 12.3. The fraction of sp³-hybridized carbons (Fsp3) is 0.0714. The highest BCUT2D eigenvalue weighted by molar-refractivity contribution is 6.34. The third kappa shape index (κ3) is 3.65. The monoisotopic (exact) mass is 265 g/mol. The summed E-state index contributed by atoms with van der Waals surface area (Å²) in [6, 6.07) is 12.9. The van der Waals surface area contributed by atoms with E-state index in [1.165, 1.54) is 0 Å². The third-order valence-corrected chi connectivity index (χ3v) is 2.69. The Balaban J connectivity index is 2.04. The van der Waals surface area contributed by atoms with Gasteiger partial charge in [0.05, 0.1) is 0 Å². The number of halogens is 2. The van der Waals surface area contributed by atoms with Crippen LogP contribution >= 0.6 is 23.2 Å². The van der Waals surface area contributed by atoms with E-state index >= 15 is 0 Å². The lowest BCUT2D eigenvalue weighted by Crippen LogP contribution is -1.95. The van der Waals surface area contributed by atoms with Crippen molar-refractivity contribution in [2.45, 2.75) is 6.61 Å². The second kappa shape index (κ2) is 5.44. The van der Waals surface area contributed by atoms with E-state index in [4.69, 9.17) is 27.9 Å². The van der Waals surface area contributed by atoms with Gasteiger partial charge in [0.25, 0.3) is 0 Å².